The van der Waals surface area contributed by atoms with Crippen LogP contribution in [-0.2, 0) is 19.3 Å². The minimum absolute atomic E-state index is 0.0364. The molecule has 0 aliphatic heterocycles. The number of hydrogen-bond donors (Lipinski definition) is 2. The highest BCUT2D eigenvalue weighted by Gasteiger charge is 2.20. The van der Waals surface area contributed by atoms with Gasteiger partial charge in [-0.2, -0.15) is 0 Å². The van der Waals surface area contributed by atoms with Crippen LogP contribution >= 0.6 is 23.4 Å². The van der Waals surface area contributed by atoms with Gasteiger partial charge in [-0.15, -0.1) is 0 Å². The highest BCUT2D eigenvalue weighted by molar-refractivity contribution is 7.98. The molecule has 0 aliphatic carbocycles. The average molecular weight is 473 g/mol. The Morgan fingerprint density at radius 2 is 1.88 bits per heavy atom. The summed E-state index contributed by atoms with van der Waals surface area (Å²) in [6.07, 6.45) is -0.904. The molecule has 10 heteroatoms. The van der Waals surface area contributed by atoms with Gasteiger partial charge in [0.1, 0.15) is 18.5 Å². The summed E-state index contributed by atoms with van der Waals surface area (Å²) >= 11 is 7.36. The van der Waals surface area contributed by atoms with Crippen LogP contribution in [0.1, 0.15) is 5.56 Å². The zero-order valence-corrected chi connectivity index (χ0v) is 18.8. The zero-order chi connectivity index (χ0) is 22.7. The third-order valence-corrected chi connectivity index (χ3v) is 6.13. The molecule has 0 aliphatic rings. The largest absolute Gasteiger partial charge is 0.491 e. The van der Waals surface area contributed by atoms with Crippen molar-refractivity contribution in [3.05, 3.63) is 86.0 Å². The van der Waals surface area contributed by atoms with E-state index in [2.05, 4.69) is 9.97 Å². The first-order valence-electron chi connectivity index (χ1n) is 9.85. The quantitative estimate of drug-likeness (QED) is 0.382. The number of H-pyrrole nitrogens is 1. The van der Waals surface area contributed by atoms with E-state index in [1.54, 1.807) is 35.9 Å². The van der Waals surface area contributed by atoms with Gasteiger partial charge in [-0.05, 0) is 29.8 Å². The van der Waals surface area contributed by atoms with Gasteiger partial charge < -0.3 is 14.4 Å². The fourth-order valence-corrected chi connectivity index (χ4v) is 4.28. The van der Waals surface area contributed by atoms with Crippen LogP contribution in [0.4, 0.5) is 0 Å². The number of halogens is 1. The minimum atomic E-state index is -0.904. The zero-order valence-electron chi connectivity index (χ0n) is 17.2. The van der Waals surface area contributed by atoms with E-state index < -0.39 is 17.4 Å². The van der Waals surface area contributed by atoms with E-state index in [-0.39, 0.29) is 24.3 Å². The Morgan fingerprint density at radius 1 is 1.16 bits per heavy atom. The maximum Gasteiger partial charge on any atom is 0.329 e. The predicted molar refractivity (Wildman–Crippen MR) is 125 cm³/mol. The number of benzene rings is 2. The molecule has 0 saturated heterocycles. The SMILES string of the molecule is Cn1c(=O)[nH]c(=O)c2c1nc(SCc1ccc(Cl)cc1)n2CC(O)COc1ccccc1. The van der Waals surface area contributed by atoms with Gasteiger partial charge >= 0.3 is 5.69 Å². The molecule has 4 rings (SSSR count). The lowest BCUT2D eigenvalue weighted by Gasteiger charge is -2.15. The van der Waals surface area contributed by atoms with Crippen molar-refractivity contribution >= 4 is 34.5 Å². The Morgan fingerprint density at radius 3 is 2.59 bits per heavy atom. The summed E-state index contributed by atoms with van der Waals surface area (Å²) in [4.78, 5) is 31.5. The van der Waals surface area contributed by atoms with Crippen LogP contribution in [0, 0.1) is 0 Å². The number of aliphatic hydroxyl groups excluding tert-OH is 1. The number of aliphatic hydroxyl groups is 1. The number of para-hydroxylation sites is 1. The van der Waals surface area contributed by atoms with Crippen LogP contribution in [-0.4, -0.2) is 36.9 Å². The van der Waals surface area contributed by atoms with Gasteiger partial charge in [0.25, 0.3) is 5.56 Å². The molecule has 0 bridgehead atoms. The van der Waals surface area contributed by atoms with Gasteiger partial charge in [0.15, 0.2) is 16.3 Å². The normalized spacial score (nSPS) is 12.2. The molecule has 2 N–H and O–H groups in total. The van der Waals surface area contributed by atoms with E-state index in [1.807, 2.05) is 30.3 Å². The van der Waals surface area contributed by atoms with Crippen LogP contribution in [0.25, 0.3) is 11.2 Å². The minimum Gasteiger partial charge on any atom is -0.491 e. The number of nitrogens with one attached hydrogen (secondary N) is 1. The van der Waals surface area contributed by atoms with E-state index in [4.69, 9.17) is 16.3 Å². The van der Waals surface area contributed by atoms with Crippen LogP contribution < -0.4 is 16.0 Å². The van der Waals surface area contributed by atoms with E-state index in [0.29, 0.717) is 21.7 Å². The number of aromatic amines is 1. The molecule has 0 radical (unpaired) electrons. The molecule has 2 heterocycles. The number of nitrogens with zero attached hydrogens (tertiary/aromatic N) is 3. The Labute approximate surface area is 192 Å². The number of hydrogen-bond acceptors (Lipinski definition) is 6. The molecule has 0 amide bonds. The second-order valence-electron chi connectivity index (χ2n) is 7.19. The Hall–Kier alpha value is -3.01. The van der Waals surface area contributed by atoms with E-state index in [0.717, 1.165) is 5.56 Å². The number of imidazole rings is 1. The number of aryl methyl sites for hydroxylation is 1. The molecule has 4 aromatic rings. The van der Waals surface area contributed by atoms with Gasteiger partial charge in [-0.25, -0.2) is 9.78 Å². The summed E-state index contributed by atoms with van der Waals surface area (Å²) in [5.41, 5.74) is 0.409. The van der Waals surface area contributed by atoms with Crippen molar-refractivity contribution in [1.82, 2.24) is 19.1 Å². The number of ether oxygens (including phenoxy) is 1. The molecule has 1 atom stereocenters. The second-order valence-corrected chi connectivity index (χ2v) is 8.57. The smallest absolute Gasteiger partial charge is 0.329 e. The number of thioether (sulfide) groups is 1. The highest BCUT2D eigenvalue weighted by Crippen LogP contribution is 2.26. The third-order valence-electron chi connectivity index (χ3n) is 4.83. The topological polar surface area (TPSA) is 102 Å². The first-order chi connectivity index (χ1) is 15.4. The maximum atomic E-state index is 12.6. The number of rotatable bonds is 8. The number of fused-ring (bicyclic) bond motifs is 1. The van der Waals surface area contributed by atoms with E-state index >= 15 is 0 Å². The van der Waals surface area contributed by atoms with Crippen LogP contribution in [0.3, 0.4) is 0 Å². The first-order valence-corrected chi connectivity index (χ1v) is 11.2. The van der Waals surface area contributed by atoms with Crippen molar-refractivity contribution in [2.24, 2.45) is 7.05 Å². The average Bonchev–Trinajstić information content (AvgIpc) is 3.15. The van der Waals surface area contributed by atoms with Crippen molar-refractivity contribution in [3.63, 3.8) is 0 Å². The predicted octanol–water partition coefficient (Wildman–Crippen LogP) is 2.81. The maximum absolute atomic E-state index is 12.6. The van der Waals surface area contributed by atoms with Gasteiger partial charge in [-0.1, -0.05) is 53.7 Å². The Bertz CT molecular complexity index is 1330. The molecule has 0 saturated carbocycles. The van der Waals surface area contributed by atoms with Crippen molar-refractivity contribution in [1.29, 1.82) is 0 Å². The van der Waals surface area contributed by atoms with Gasteiger partial charge in [-0.3, -0.25) is 14.3 Å². The van der Waals surface area contributed by atoms with E-state index in [1.165, 1.54) is 16.3 Å². The summed E-state index contributed by atoms with van der Waals surface area (Å²) < 4.78 is 8.55. The second kappa shape index (κ2) is 9.64. The van der Waals surface area contributed by atoms with Gasteiger partial charge in [0.05, 0.1) is 6.54 Å². The Kier molecular flexibility index (Phi) is 6.69. The molecule has 2 aromatic carbocycles. The lowest BCUT2D eigenvalue weighted by Crippen LogP contribution is -2.30. The standard InChI is InChI=1S/C22H21ClN4O4S/c1-26-19-18(20(29)25-21(26)30)27(11-16(28)12-31-17-5-3-2-4-6-17)22(24-19)32-13-14-7-9-15(23)10-8-14/h2-10,16,28H,11-13H2,1H3,(H,25,29,30). The molecule has 0 fully saturated rings. The summed E-state index contributed by atoms with van der Waals surface area (Å²) in [5.74, 6) is 1.21. The van der Waals surface area contributed by atoms with Crippen LogP contribution in [0.2, 0.25) is 5.02 Å². The fraction of sp³-hybridized carbons (Fsp3) is 0.227. The van der Waals surface area contributed by atoms with Crippen molar-refractivity contribution in [2.75, 3.05) is 6.61 Å². The fourth-order valence-electron chi connectivity index (χ4n) is 3.20. The Balaban J connectivity index is 1.62. The number of aromatic nitrogens is 4. The molecule has 0 spiro atoms. The molecule has 8 nitrogen and oxygen atoms in total. The molecule has 166 valence electrons. The van der Waals surface area contributed by atoms with Gasteiger partial charge in [0, 0.05) is 17.8 Å². The van der Waals surface area contributed by atoms with Crippen molar-refractivity contribution in [3.8, 4) is 5.75 Å². The molecule has 2 aromatic heterocycles. The summed E-state index contributed by atoms with van der Waals surface area (Å²) in [7, 11) is 1.54. The van der Waals surface area contributed by atoms with Crippen LogP contribution in [0.5, 0.6) is 5.75 Å². The highest BCUT2D eigenvalue weighted by atomic mass is 35.5. The van der Waals surface area contributed by atoms with Crippen molar-refractivity contribution in [2.45, 2.75) is 23.6 Å². The lowest BCUT2D eigenvalue weighted by atomic mass is 10.2. The third kappa shape index (κ3) is 4.90. The lowest BCUT2D eigenvalue weighted by molar-refractivity contribution is 0.0914. The first kappa shape index (κ1) is 22.2. The van der Waals surface area contributed by atoms with Crippen molar-refractivity contribution < 1.29 is 9.84 Å². The summed E-state index contributed by atoms with van der Waals surface area (Å²) in [6, 6.07) is 16.6. The molecule has 32 heavy (non-hydrogen) atoms. The van der Waals surface area contributed by atoms with Crippen LogP contribution in [0.15, 0.2) is 69.3 Å². The summed E-state index contributed by atoms with van der Waals surface area (Å²) in [5, 5.41) is 11.8. The van der Waals surface area contributed by atoms with E-state index in [9.17, 15) is 14.7 Å². The molecular formula is C22H21ClN4O4S. The molecular weight excluding hydrogens is 452 g/mol. The summed E-state index contributed by atoms with van der Waals surface area (Å²) in [6.45, 7) is 0.113. The monoisotopic (exact) mass is 472 g/mol. The van der Waals surface area contributed by atoms with Gasteiger partial charge in [0.2, 0.25) is 0 Å². The molecule has 1 unspecified atom stereocenters.